The van der Waals surface area contributed by atoms with Gasteiger partial charge in [-0.1, -0.05) is 36.4 Å². The second-order valence-electron chi connectivity index (χ2n) is 3.58. The molecule has 0 unspecified atom stereocenters. The van der Waals surface area contributed by atoms with Crippen LogP contribution < -0.4 is 5.73 Å². The molecule has 1 aromatic heterocycles. The summed E-state index contributed by atoms with van der Waals surface area (Å²) < 4.78 is 0. The molecular weight excluding hydrogens is 212 g/mol. The number of amides is 1. The highest BCUT2D eigenvalue weighted by Gasteiger charge is 1.98. The molecule has 2 aromatic rings. The van der Waals surface area contributed by atoms with Crippen molar-refractivity contribution in [3.8, 4) is 0 Å². The number of primary amides is 1. The first-order valence-electron chi connectivity index (χ1n) is 5.25. The Kier molecular flexibility index (Phi) is 3.31. The predicted octanol–water partition coefficient (Wildman–Crippen LogP) is 2.35. The normalized spacial score (nSPS) is 10.6. The van der Waals surface area contributed by atoms with Crippen LogP contribution in [-0.2, 0) is 0 Å². The Morgan fingerprint density at radius 1 is 1.06 bits per heavy atom. The van der Waals surface area contributed by atoms with Gasteiger partial charge in [-0.3, -0.25) is 9.78 Å². The van der Waals surface area contributed by atoms with Crippen LogP contribution in [0.3, 0.4) is 0 Å². The predicted molar refractivity (Wildman–Crippen MR) is 68.1 cm³/mol. The maximum Gasteiger partial charge on any atom is 0.250 e. The van der Waals surface area contributed by atoms with Crippen LogP contribution in [0.25, 0.3) is 12.2 Å². The highest BCUT2D eigenvalue weighted by Crippen LogP contribution is 2.06. The molecule has 0 spiro atoms. The van der Waals surface area contributed by atoms with Gasteiger partial charge in [0.2, 0.25) is 5.91 Å². The Morgan fingerprint density at radius 2 is 1.82 bits per heavy atom. The minimum Gasteiger partial charge on any atom is -0.366 e. The lowest BCUT2D eigenvalue weighted by Crippen LogP contribution is -2.10. The van der Waals surface area contributed by atoms with Gasteiger partial charge in [0.1, 0.15) is 0 Å². The molecule has 3 nitrogen and oxygen atoms in total. The maximum atomic E-state index is 10.9. The van der Waals surface area contributed by atoms with Crippen LogP contribution in [0, 0.1) is 0 Å². The number of carbonyl (C=O) groups is 1. The third kappa shape index (κ3) is 3.01. The largest absolute Gasteiger partial charge is 0.366 e. The van der Waals surface area contributed by atoms with E-state index in [1.165, 1.54) is 6.20 Å². The molecule has 0 aliphatic heterocycles. The van der Waals surface area contributed by atoms with Gasteiger partial charge in [-0.25, -0.2) is 0 Å². The lowest BCUT2D eigenvalue weighted by Gasteiger charge is -1.96. The van der Waals surface area contributed by atoms with Gasteiger partial charge in [-0.15, -0.1) is 0 Å². The van der Waals surface area contributed by atoms with Gasteiger partial charge in [0.25, 0.3) is 0 Å². The molecule has 0 saturated carbocycles. The Labute approximate surface area is 99.6 Å². The van der Waals surface area contributed by atoms with Crippen LogP contribution in [0.15, 0.2) is 48.7 Å². The molecule has 1 heterocycles. The molecular formula is C14H12N2O. The third-order valence-electron chi connectivity index (χ3n) is 2.32. The van der Waals surface area contributed by atoms with Crippen molar-refractivity contribution in [3.63, 3.8) is 0 Å². The number of rotatable bonds is 3. The topological polar surface area (TPSA) is 56.0 Å². The molecule has 0 fully saturated rings. The third-order valence-corrected chi connectivity index (χ3v) is 2.32. The zero-order chi connectivity index (χ0) is 12.1. The van der Waals surface area contributed by atoms with E-state index in [4.69, 9.17) is 5.73 Å². The van der Waals surface area contributed by atoms with Gasteiger partial charge in [0.15, 0.2) is 0 Å². The molecule has 17 heavy (non-hydrogen) atoms. The van der Waals surface area contributed by atoms with Gasteiger partial charge >= 0.3 is 0 Å². The highest BCUT2D eigenvalue weighted by molar-refractivity contribution is 5.92. The first kappa shape index (κ1) is 11.1. The minimum atomic E-state index is -0.462. The molecule has 2 N–H and O–H groups in total. The van der Waals surface area contributed by atoms with Crippen LogP contribution in [0.4, 0.5) is 0 Å². The van der Waals surface area contributed by atoms with Crippen molar-refractivity contribution in [3.05, 3.63) is 65.5 Å². The lowest BCUT2D eigenvalue weighted by atomic mass is 10.2. The Bertz CT molecular complexity index is 530. The SMILES string of the molecule is NC(=O)c1ccc(/C=C/c2ccccc2)nc1. The van der Waals surface area contributed by atoms with Crippen LogP contribution >= 0.6 is 0 Å². The van der Waals surface area contributed by atoms with E-state index in [-0.39, 0.29) is 0 Å². The summed E-state index contributed by atoms with van der Waals surface area (Å²) in [6.45, 7) is 0. The molecule has 0 atom stereocenters. The fourth-order valence-corrected chi connectivity index (χ4v) is 1.40. The van der Waals surface area contributed by atoms with Crippen molar-refractivity contribution in [2.75, 3.05) is 0 Å². The monoisotopic (exact) mass is 224 g/mol. The number of benzene rings is 1. The maximum absolute atomic E-state index is 10.9. The summed E-state index contributed by atoms with van der Waals surface area (Å²) in [6.07, 6.45) is 5.33. The smallest absolute Gasteiger partial charge is 0.250 e. The molecule has 0 aliphatic carbocycles. The van der Waals surface area contributed by atoms with E-state index in [1.807, 2.05) is 42.5 Å². The fourth-order valence-electron chi connectivity index (χ4n) is 1.40. The summed E-state index contributed by atoms with van der Waals surface area (Å²) in [5.74, 6) is -0.462. The summed E-state index contributed by atoms with van der Waals surface area (Å²) in [4.78, 5) is 15.0. The second-order valence-corrected chi connectivity index (χ2v) is 3.58. The molecule has 0 aliphatic rings. The van der Waals surface area contributed by atoms with Crippen molar-refractivity contribution in [2.24, 2.45) is 5.73 Å². The van der Waals surface area contributed by atoms with Crippen LogP contribution in [0.5, 0.6) is 0 Å². The summed E-state index contributed by atoms with van der Waals surface area (Å²) in [7, 11) is 0. The molecule has 2 rings (SSSR count). The molecule has 3 heteroatoms. The first-order valence-corrected chi connectivity index (χ1v) is 5.25. The van der Waals surface area contributed by atoms with Crippen LogP contribution in [0.2, 0.25) is 0 Å². The standard InChI is InChI=1S/C14H12N2O/c15-14(17)12-7-9-13(16-10-12)8-6-11-4-2-1-3-5-11/h1-10H,(H2,15,17)/b8-6+. The van der Waals surface area contributed by atoms with E-state index in [1.54, 1.807) is 12.1 Å². The summed E-state index contributed by atoms with van der Waals surface area (Å²) in [6, 6.07) is 13.4. The lowest BCUT2D eigenvalue weighted by molar-refractivity contribution is 0.1000. The first-order chi connectivity index (χ1) is 8.25. The molecule has 84 valence electrons. The number of hydrogen-bond acceptors (Lipinski definition) is 2. The van der Waals surface area contributed by atoms with Crippen molar-refractivity contribution in [2.45, 2.75) is 0 Å². The van der Waals surface area contributed by atoms with Crippen molar-refractivity contribution >= 4 is 18.1 Å². The van der Waals surface area contributed by atoms with Crippen LogP contribution in [0.1, 0.15) is 21.6 Å². The van der Waals surface area contributed by atoms with E-state index in [2.05, 4.69) is 4.98 Å². The van der Waals surface area contributed by atoms with Crippen molar-refractivity contribution in [1.29, 1.82) is 0 Å². The van der Waals surface area contributed by atoms with Gasteiger partial charge in [0, 0.05) is 6.20 Å². The second kappa shape index (κ2) is 5.07. The summed E-state index contributed by atoms with van der Waals surface area (Å²) in [5.41, 5.74) is 7.45. The molecule has 0 bridgehead atoms. The Balaban J connectivity index is 2.14. The average molecular weight is 224 g/mol. The fraction of sp³-hybridized carbons (Fsp3) is 0. The highest BCUT2D eigenvalue weighted by atomic mass is 16.1. The Morgan fingerprint density at radius 3 is 2.41 bits per heavy atom. The van der Waals surface area contributed by atoms with E-state index in [0.29, 0.717) is 5.56 Å². The minimum absolute atomic E-state index is 0.418. The quantitative estimate of drug-likeness (QED) is 0.870. The van der Waals surface area contributed by atoms with Gasteiger partial charge in [-0.2, -0.15) is 0 Å². The molecule has 0 saturated heterocycles. The van der Waals surface area contributed by atoms with Crippen molar-refractivity contribution in [1.82, 2.24) is 4.98 Å². The van der Waals surface area contributed by atoms with E-state index >= 15 is 0 Å². The molecule has 0 radical (unpaired) electrons. The zero-order valence-electron chi connectivity index (χ0n) is 9.21. The van der Waals surface area contributed by atoms with Crippen molar-refractivity contribution < 1.29 is 4.79 Å². The zero-order valence-corrected chi connectivity index (χ0v) is 9.21. The molecule has 1 aromatic carbocycles. The summed E-state index contributed by atoms with van der Waals surface area (Å²) >= 11 is 0. The number of aromatic nitrogens is 1. The van der Waals surface area contributed by atoms with Crippen LogP contribution in [-0.4, -0.2) is 10.9 Å². The Hall–Kier alpha value is -2.42. The van der Waals surface area contributed by atoms with Gasteiger partial charge in [0.05, 0.1) is 11.3 Å². The van der Waals surface area contributed by atoms with E-state index in [9.17, 15) is 4.79 Å². The van der Waals surface area contributed by atoms with Gasteiger partial charge < -0.3 is 5.73 Å². The van der Waals surface area contributed by atoms with E-state index in [0.717, 1.165) is 11.3 Å². The average Bonchev–Trinajstić information content (AvgIpc) is 2.38. The molecule has 1 amide bonds. The number of nitrogens with two attached hydrogens (primary N) is 1. The number of carbonyl (C=O) groups excluding carboxylic acids is 1. The summed E-state index contributed by atoms with van der Waals surface area (Å²) in [5, 5.41) is 0. The number of pyridine rings is 1. The van der Waals surface area contributed by atoms with Gasteiger partial charge in [-0.05, 0) is 23.8 Å². The number of nitrogens with zero attached hydrogens (tertiary/aromatic N) is 1. The van der Waals surface area contributed by atoms with E-state index < -0.39 is 5.91 Å². The number of hydrogen-bond donors (Lipinski definition) is 1.